The first-order chi connectivity index (χ1) is 11.2. The smallest absolute Gasteiger partial charge is 0.352 e. The van der Waals surface area contributed by atoms with E-state index in [1.54, 1.807) is 30.3 Å². The SMILES string of the molecule is CN=C(NCc1cn(C)nc1C(F)(F)F)N(C)Cc1csc(C)n1.I. The zero-order valence-corrected chi connectivity index (χ0v) is 17.4. The van der Waals surface area contributed by atoms with E-state index in [1.807, 2.05) is 12.3 Å². The molecular formula is C14H20F3IN6S. The number of thiazole rings is 1. The van der Waals surface area contributed by atoms with Crippen LogP contribution < -0.4 is 5.32 Å². The van der Waals surface area contributed by atoms with E-state index >= 15 is 0 Å². The molecule has 2 aromatic heterocycles. The van der Waals surface area contributed by atoms with Crippen molar-refractivity contribution in [2.45, 2.75) is 26.2 Å². The summed E-state index contributed by atoms with van der Waals surface area (Å²) in [6.07, 6.45) is -3.13. The van der Waals surface area contributed by atoms with E-state index in [2.05, 4.69) is 20.4 Å². The summed E-state index contributed by atoms with van der Waals surface area (Å²) in [5.41, 5.74) is 0.0788. The van der Waals surface area contributed by atoms with Crippen LogP contribution in [0.4, 0.5) is 13.2 Å². The monoisotopic (exact) mass is 488 g/mol. The van der Waals surface area contributed by atoms with Gasteiger partial charge in [-0.25, -0.2) is 4.98 Å². The van der Waals surface area contributed by atoms with Crippen LogP contribution in [-0.2, 0) is 26.3 Å². The van der Waals surface area contributed by atoms with E-state index in [-0.39, 0.29) is 36.1 Å². The number of aliphatic imine (C=N–C) groups is 1. The first-order valence-corrected chi connectivity index (χ1v) is 8.01. The van der Waals surface area contributed by atoms with Crippen LogP contribution in [0.1, 0.15) is 22.0 Å². The van der Waals surface area contributed by atoms with Crippen molar-refractivity contribution in [2.75, 3.05) is 14.1 Å². The lowest BCUT2D eigenvalue weighted by molar-refractivity contribution is -0.142. The van der Waals surface area contributed by atoms with Crippen LogP contribution in [0.15, 0.2) is 16.6 Å². The molecule has 0 unspecified atom stereocenters. The molecule has 0 aliphatic carbocycles. The van der Waals surface area contributed by atoms with Crippen LogP contribution in [0.5, 0.6) is 0 Å². The molecule has 6 nitrogen and oxygen atoms in total. The summed E-state index contributed by atoms with van der Waals surface area (Å²) in [5, 5.41) is 9.34. The predicted molar refractivity (Wildman–Crippen MR) is 102 cm³/mol. The first kappa shape index (κ1) is 21.7. The standard InChI is InChI=1S/C14H19F3N6S.HI/c1-9-20-11(8-24-9)7-22(3)13(18-2)19-5-10-6-23(4)21-12(10)14(15,16)17;/h6,8H,5,7H2,1-4H3,(H,18,19);1H. The van der Waals surface area contributed by atoms with Gasteiger partial charge in [-0.2, -0.15) is 18.3 Å². The summed E-state index contributed by atoms with van der Waals surface area (Å²) in [6.45, 7) is 2.42. The number of halogens is 4. The van der Waals surface area contributed by atoms with E-state index in [4.69, 9.17) is 0 Å². The molecule has 0 spiro atoms. The maximum absolute atomic E-state index is 13.0. The number of hydrogen-bond donors (Lipinski definition) is 1. The average molecular weight is 488 g/mol. The maximum Gasteiger partial charge on any atom is 0.435 e. The number of guanidine groups is 1. The van der Waals surface area contributed by atoms with Gasteiger partial charge in [-0.05, 0) is 6.92 Å². The van der Waals surface area contributed by atoms with Gasteiger partial charge in [0.2, 0.25) is 0 Å². The van der Waals surface area contributed by atoms with E-state index in [9.17, 15) is 13.2 Å². The second kappa shape index (κ2) is 8.83. The largest absolute Gasteiger partial charge is 0.435 e. The summed E-state index contributed by atoms with van der Waals surface area (Å²) in [6, 6.07) is 0. The van der Waals surface area contributed by atoms with Gasteiger partial charge in [0.1, 0.15) is 0 Å². The maximum atomic E-state index is 13.0. The molecule has 0 saturated heterocycles. The van der Waals surface area contributed by atoms with Gasteiger partial charge in [0.15, 0.2) is 11.7 Å². The van der Waals surface area contributed by atoms with Crippen LogP contribution in [-0.4, -0.2) is 39.7 Å². The van der Waals surface area contributed by atoms with Gasteiger partial charge in [0.25, 0.3) is 0 Å². The summed E-state index contributed by atoms with van der Waals surface area (Å²) in [7, 11) is 4.85. The molecule has 0 radical (unpaired) electrons. The van der Waals surface area contributed by atoms with Gasteiger partial charge in [-0.3, -0.25) is 9.67 Å². The molecule has 0 saturated carbocycles. The zero-order valence-electron chi connectivity index (χ0n) is 14.3. The van der Waals surface area contributed by atoms with Crippen LogP contribution in [0.3, 0.4) is 0 Å². The molecule has 0 aliphatic heterocycles. The summed E-state index contributed by atoms with van der Waals surface area (Å²) >= 11 is 1.55. The highest BCUT2D eigenvalue weighted by atomic mass is 127. The Hall–Kier alpha value is -1.37. The van der Waals surface area contributed by atoms with Crippen molar-refractivity contribution < 1.29 is 13.2 Å². The van der Waals surface area contributed by atoms with E-state index < -0.39 is 11.9 Å². The van der Waals surface area contributed by atoms with Crippen LogP contribution in [0.2, 0.25) is 0 Å². The lowest BCUT2D eigenvalue weighted by Gasteiger charge is -2.21. The van der Waals surface area contributed by atoms with Crippen LogP contribution in [0.25, 0.3) is 0 Å². The van der Waals surface area contributed by atoms with Gasteiger partial charge in [0, 0.05) is 44.8 Å². The molecule has 11 heteroatoms. The average Bonchev–Trinajstić information content (AvgIpc) is 3.05. The van der Waals surface area contributed by atoms with Crippen molar-refractivity contribution in [1.29, 1.82) is 0 Å². The van der Waals surface area contributed by atoms with Gasteiger partial charge in [-0.15, -0.1) is 35.3 Å². The van der Waals surface area contributed by atoms with Crippen molar-refractivity contribution in [3.05, 3.63) is 33.5 Å². The molecule has 0 fully saturated rings. The molecule has 25 heavy (non-hydrogen) atoms. The Morgan fingerprint density at radius 1 is 1.44 bits per heavy atom. The normalized spacial score (nSPS) is 12.0. The molecule has 0 amide bonds. The number of aromatic nitrogens is 3. The fourth-order valence-corrected chi connectivity index (χ4v) is 2.87. The molecule has 2 rings (SSSR count). The second-order valence-corrected chi connectivity index (χ2v) is 6.35. The molecule has 0 aromatic carbocycles. The van der Waals surface area contributed by atoms with Crippen molar-refractivity contribution in [1.82, 2.24) is 25.0 Å². The Morgan fingerprint density at radius 3 is 2.64 bits per heavy atom. The Balaban J connectivity index is 0.00000312. The summed E-state index contributed by atoms with van der Waals surface area (Å²) in [5.74, 6) is 0.484. The molecule has 140 valence electrons. The van der Waals surface area contributed by atoms with Crippen molar-refractivity contribution in [3.8, 4) is 0 Å². The quantitative estimate of drug-likeness (QED) is 0.409. The van der Waals surface area contributed by atoms with Gasteiger partial charge in [0.05, 0.1) is 17.2 Å². The molecule has 0 bridgehead atoms. The molecule has 1 N–H and O–H groups in total. The van der Waals surface area contributed by atoms with Crippen LogP contribution in [0, 0.1) is 6.92 Å². The minimum atomic E-state index is -4.48. The second-order valence-electron chi connectivity index (χ2n) is 5.29. The van der Waals surface area contributed by atoms with Gasteiger partial charge < -0.3 is 10.2 Å². The topological polar surface area (TPSA) is 58.3 Å². The van der Waals surface area contributed by atoms with Crippen molar-refractivity contribution in [3.63, 3.8) is 0 Å². The highest BCUT2D eigenvalue weighted by Crippen LogP contribution is 2.30. The predicted octanol–water partition coefficient (Wildman–Crippen LogP) is 3.03. The molecule has 0 aliphatic rings. The van der Waals surface area contributed by atoms with Gasteiger partial charge >= 0.3 is 6.18 Å². The van der Waals surface area contributed by atoms with Gasteiger partial charge in [-0.1, -0.05) is 0 Å². The zero-order chi connectivity index (χ0) is 17.9. The lowest BCUT2D eigenvalue weighted by atomic mass is 10.2. The fraction of sp³-hybridized carbons (Fsp3) is 0.500. The Kier molecular flexibility index (Phi) is 7.65. The minimum Gasteiger partial charge on any atom is -0.352 e. The summed E-state index contributed by atoms with van der Waals surface area (Å²) < 4.78 is 40.1. The number of rotatable bonds is 4. The van der Waals surface area contributed by atoms with Crippen LogP contribution >= 0.6 is 35.3 Å². The third-order valence-electron chi connectivity index (χ3n) is 3.25. The lowest BCUT2D eigenvalue weighted by Crippen LogP contribution is -2.38. The Bertz CT molecular complexity index is 724. The molecular weight excluding hydrogens is 468 g/mol. The van der Waals surface area contributed by atoms with Crippen molar-refractivity contribution >= 4 is 41.3 Å². The minimum absolute atomic E-state index is 0. The summed E-state index contributed by atoms with van der Waals surface area (Å²) in [4.78, 5) is 10.3. The number of hydrogen-bond acceptors (Lipinski definition) is 4. The molecule has 0 atom stereocenters. The Morgan fingerprint density at radius 2 is 2.12 bits per heavy atom. The number of aryl methyl sites for hydroxylation is 2. The molecule has 2 aromatic rings. The fourth-order valence-electron chi connectivity index (χ4n) is 2.26. The van der Waals surface area contributed by atoms with E-state index in [0.29, 0.717) is 12.5 Å². The highest BCUT2D eigenvalue weighted by molar-refractivity contribution is 14.0. The third-order valence-corrected chi connectivity index (χ3v) is 4.07. The van der Waals surface area contributed by atoms with E-state index in [1.165, 1.54) is 13.2 Å². The number of nitrogens with one attached hydrogen (secondary N) is 1. The Labute approximate surface area is 165 Å². The number of alkyl halides is 3. The molecule has 2 heterocycles. The number of nitrogens with zero attached hydrogens (tertiary/aromatic N) is 5. The first-order valence-electron chi connectivity index (χ1n) is 7.13. The van der Waals surface area contributed by atoms with Crippen molar-refractivity contribution in [2.24, 2.45) is 12.0 Å². The highest BCUT2D eigenvalue weighted by Gasteiger charge is 2.36. The van der Waals surface area contributed by atoms with E-state index in [0.717, 1.165) is 15.4 Å². The third kappa shape index (κ3) is 5.83.